The Morgan fingerprint density at radius 3 is 1.84 bits per heavy atom. The Hall–Kier alpha value is -4.67. The van der Waals surface area contributed by atoms with E-state index in [1.165, 1.54) is 5.57 Å². The molecule has 13 nitrogen and oxygen atoms in total. The highest BCUT2D eigenvalue weighted by Gasteiger charge is 2.46. The summed E-state index contributed by atoms with van der Waals surface area (Å²) in [4.78, 5) is 14.5. The van der Waals surface area contributed by atoms with Crippen LogP contribution < -0.4 is 9.47 Å². The molecule has 0 fully saturated rings. The molecule has 0 unspecified atom stereocenters. The summed E-state index contributed by atoms with van der Waals surface area (Å²) in [5.74, 6) is 1.19. The molecule has 0 amide bonds. The number of rotatable bonds is 32. The number of cyclic esters (lactones) is 1. The van der Waals surface area contributed by atoms with Crippen LogP contribution in [0.1, 0.15) is 177 Å². The summed E-state index contributed by atoms with van der Waals surface area (Å²) in [6, 6.07) is 37.0. The first-order valence-corrected chi connectivity index (χ1v) is 45.3. The van der Waals surface area contributed by atoms with Crippen LogP contribution in [-0.4, -0.2) is 131 Å². The number of esters is 1. The van der Waals surface area contributed by atoms with E-state index in [9.17, 15) is 9.90 Å². The largest absolute Gasteiger partial charge is 0.493 e. The number of aliphatic hydroxyl groups is 1. The molecule has 0 saturated carbocycles. The molecule has 1 N–H and O–H groups in total. The molecule has 103 heavy (non-hydrogen) atoms. The summed E-state index contributed by atoms with van der Waals surface area (Å²) in [5, 5.41) is 12.6. The Morgan fingerprint density at radius 2 is 1.29 bits per heavy atom. The number of allylic oxidation sites excluding steroid dienone is 3. The van der Waals surface area contributed by atoms with Crippen LogP contribution in [-0.2, 0) is 59.0 Å². The van der Waals surface area contributed by atoms with Crippen LogP contribution in [0.5, 0.6) is 11.5 Å². The first-order chi connectivity index (χ1) is 48.8. The first-order valence-electron chi connectivity index (χ1n) is 38.1. The summed E-state index contributed by atoms with van der Waals surface area (Å²) >= 11 is 1.67. The van der Waals surface area contributed by atoms with E-state index in [0.717, 1.165) is 47.9 Å². The number of carbonyl (C=O) groups is 1. The molecule has 0 aromatic heterocycles. The lowest BCUT2D eigenvalue weighted by Gasteiger charge is -2.44. The smallest absolute Gasteiger partial charge is 0.331 e. The zero-order valence-corrected chi connectivity index (χ0v) is 70.4. The van der Waals surface area contributed by atoms with Crippen molar-refractivity contribution < 1.29 is 61.4 Å². The summed E-state index contributed by atoms with van der Waals surface area (Å²) in [7, 11) is 2.15. The third kappa shape index (κ3) is 26.9. The van der Waals surface area contributed by atoms with Crippen LogP contribution in [0.2, 0.25) is 36.3 Å². The van der Waals surface area contributed by atoms with E-state index in [1.807, 2.05) is 49.6 Å². The molecule has 1 heterocycles. The standard InChI is InChI=1S/C87H136O13SSi2/c1-62-47-48-63(2)75(91-16)52-49-65(4)83(99-102(20,21)85(9,10)11)68(7)76(96-61-101-19)44-34-27-35-46-81(88)98-78(45-36-43-74(57-62)90-15)69(8)84(100-103(22,23)86(12,13)14)66(5)50-53-77(95-60-94-59-70-51-54-79(92-17)80(58-70)93-18)67(6)82(89)64(3)55-56-97-87(71-37-28-24-29-38-71,72-39-30-25-31-40-72)73-41-32-26-33-42-73/h24-43,46,48,51,54,58,62,64-69,74-78,82-84,89H,44-45,47,49-50,52-53,55-57,59-61H2,1-23H3/b34-27+,43-36+,46-35+,63-48+/t62-,64-,65-,66+,67+,68-,69-,74+,75+,76-,77-,78+,82-,83-,84+/m1/s1. The minimum atomic E-state index is -2.49. The molecule has 1 aliphatic rings. The van der Waals surface area contributed by atoms with Gasteiger partial charge in [-0.2, -0.15) is 0 Å². The Bertz CT molecular complexity index is 3070. The van der Waals surface area contributed by atoms with Crippen LogP contribution in [0.3, 0.4) is 0 Å². The lowest BCUT2D eigenvalue weighted by molar-refractivity contribution is -0.148. The predicted octanol–water partition coefficient (Wildman–Crippen LogP) is 21.0. The molecule has 0 spiro atoms. The van der Waals surface area contributed by atoms with Gasteiger partial charge >= 0.3 is 5.97 Å². The maximum atomic E-state index is 14.5. The van der Waals surface area contributed by atoms with Crippen molar-refractivity contribution in [3.05, 3.63) is 180 Å². The van der Waals surface area contributed by atoms with Crippen LogP contribution in [0.4, 0.5) is 0 Å². The average Bonchev–Trinajstić information content (AvgIpc) is 0.758. The Kier molecular flexibility index (Phi) is 37.4. The maximum absolute atomic E-state index is 14.5. The fourth-order valence-corrected chi connectivity index (χ4v) is 17.0. The molecule has 4 aromatic carbocycles. The van der Waals surface area contributed by atoms with Crippen molar-refractivity contribution in [2.24, 2.45) is 41.4 Å². The highest BCUT2D eigenvalue weighted by molar-refractivity contribution is 7.98. The first kappa shape index (κ1) is 89.0. The van der Waals surface area contributed by atoms with Crippen molar-refractivity contribution in [2.45, 2.75) is 252 Å². The molecule has 0 bridgehead atoms. The van der Waals surface area contributed by atoms with Gasteiger partial charge < -0.3 is 56.6 Å². The van der Waals surface area contributed by atoms with Gasteiger partial charge in [0.25, 0.3) is 0 Å². The number of thioether (sulfide) groups is 1. The van der Waals surface area contributed by atoms with Crippen LogP contribution in [0, 0.1) is 41.4 Å². The highest BCUT2D eigenvalue weighted by atomic mass is 32.2. The molecule has 0 saturated heterocycles. The van der Waals surface area contributed by atoms with Gasteiger partial charge in [-0.25, -0.2) is 4.79 Å². The molecule has 5 rings (SSSR count). The summed E-state index contributed by atoms with van der Waals surface area (Å²) in [6.07, 6.45) is 20.1. The van der Waals surface area contributed by atoms with Crippen molar-refractivity contribution >= 4 is 34.4 Å². The normalized spacial score (nSPS) is 24.3. The topological polar surface area (TPSA) is 139 Å². The second kappa shape index (κ2) is 43.4. The number of benzene rings is 4. The van der Waals surface area contributed by atoms with E-state index in [0.29, 0.717) is 62.1 Å². The van der Waals surface area contributed by atoms with Gasteiger partial charge in [0.1, 0.15) is 18.5 Å². The number of aliphatic hydroxyl groups excluding tert-OH is 1. The lowest BCUT2D eigenvalue weighted by Crippen LogP contribution is -2.49. The van der Waals surface area contributed by atoms with Gasteiger partial charge in [0.2, 0.25) is 0 Å². The third-order valence-corrected chi connectivity index (χ3v) is 31.9. The molecule has 1 aliphatic heterocycles. The van der Waals surface area contributed by atoms with Gasteiger partial charge in [0.05, 0.1) is 69.5 Å². The van der Waals surface area contributed by atoms with Gasteiger partial charge in [-0.1, -0.05) is 224 Å². The van der Waals surface area contributed by atoms with E-state index in [2.05, 4.69) is 226 Å². The van der Waals surface area contributed by atoms with Gasteiger partial charge in [0, 0.05) is 51.1 Å². The van der Waals surface area contributed by atoms with Gasteiger partial charge in [-0.15, -0.1) is 11.8 Å². The van der Waals surface area contributed by atoms with E-state index < -0.39 is 46.5 Å². The number of carbonyl (C=O) groups excluding carboxylic acids is 1. The van der Waals surface area contributed by atoms with Crippen molar-refractivity contribution in [3.63, 3.8) is 0 Å². The van der Waals surface area contributed by atoms with E-state index >= 15 is 0 Å². The van der Waals surface area contributed by atoms with Crippen LogP contribution in [0.25, 0.3) is 0 Å². The Morgan fingerprint density at radius 1 is 0.689 bits per heavy atom. The van der Waals surface area contributed by atoms with E-state index in [1.54, 1.807) is 45.2 Å². The number of hydrogen-bond donors (Lipinski definition) is 1. The summed E-state index contributed by atoms with van der Waals surface area (Å²) in [5.41, 5.74) is 4.32. The van der Waals surface area contributed by atoms with Crippen molar-refractivity contribution in [1.82, 2.24) is 0 Å². The van der Waals surface area contributed by atoms with Crippen molar-refractivity contribution in [2.75, 3.05) is 54.0 Å². The van der Waals surface area contributed by atoms with E-state index in [4.69, 9.17) is 51.5 Å². The minimum Gasteiger partial charge on any atom is -0.493 e. The molecular weight excluding hydrogens is 1340 g/mol. The zero-order valence-electron chi connectivity index (χ0n) is 67.5. The predicted molar refractivity (Wildman–Crippen MR) is 431 cm³/mol. The monoisotopic (exact) mass is 1480 g/mol. The molecular formula is C87H136O13SSi2. The fraction of sp³-hybridized carbons (Fsp3) is 0.621. The van der Waals surface area contributed by atoms with Gasteiger partial charge in [-0.05, 0) is 164 Å². The molecule has 4 aromatic rings. The van der Waals surface area contributed by atoms with Crippen molar-refractivity contribution in [3.8, 4) is 11.5 Å². The van der Waals surface area contributed by atoms with Crippen molar-refractivity contribution in [1.29, 1.82) is 0 Å². The Labute approximate surface area is 630 Å². The SMILES string of the molecule is COc1ccc(COCO[C@H](CC[C@H](C)[C@H](O[Si](C)(C)C(C)(C)C)[C@H](C)[C@@H]2C/C=C/[C@H](OC)C[C@H](C)C/C=C(\C)[C@@H](OC)CC[C@@H](C)[C@@H](O[Si](C)(C)C(C)(C)C)[C@H](C)[C@H](OCSC)C/C=C/C=C/C(=O)O2)[C@H](C)[C@H](O)[C@H](C)CCOC(c2ccccc2)(c2ccccc2)c2ccccc2)cc1OC. The number of hydrogen-bond acceptors (Lipinski definition) is 14. The lowest BCUT2D eigenvalue weighted by atomic mass is 9.80. The van der Waals surface area contributed by atoms with E-state index in [-0.39, 0.29) is 89.5 Å². The molecule has 0 radical (unpaired) electrons. The average molecular weight is 1480 g/mol. The number of ether oxygens (including phenoxy) is 9. The number of methoxy groups -OCH3 is 4. The molecule has 0 aliphatic carbocycles. The molecule has 16 heteroatoms. The summed E-state index contributed by atoms with van der Waals surface area (Å²) < 4.78 is 72.5. The second-order valence-corrected chi connectivity index (χ2v) is 42.7. The second-order valence-electron chi connectivity index (χ2n) is 32.4. The summed E-state index contributed by atoms with van der Waals surface area (Å²) in [6.45, 7) is 41.4. The molecule has 576 valence electrons. The quantitative estimate of drug-likeness (QED) is 0.0124. The van der Waals surface area contributed by atoms with Crippen LogP contribution in [0.15, 0.2) is 157 Å². The zero-order chi connectivity index (χ0) is 76.1. The van der Waals surface area contributed by atoms with Gasteiger partial charge in [0.15, 0.2) is 28.1 Å². The third-order valence-electron chi connectivity index (χ3n) is 22.6. The Balaban J connectivity index is 1.50. The fourth-order valence-electron chi connectivity index (χ4n) is 13.7. The molecule has 15 atom stereocenters. The maximum Gasteiger partial charge on any atom is 0.331 e. The minimum absolute atomic E-state index is 0.00739. The van der Waals surface area contributed by atoms with Crippen LogP contribution >= 0.6 is 11.8 Å². The van der Waals surface area contributed by atoms with Gasteiger partial charge in [-0.3, -0.25) is 0 Å². The highest BCUT2D eigenvalue weighted by Crippen LogP contribution is 2.45.